The molecule has 0 bridgehead atoms. The summed E-state index contributed by atoms with van der Waals surface area (Å²) in [6.45, 7) is 4.15. The molecule has 0 aromatic heterocycles. The predicted molar refractivity (Wildman–Crippen MR) is 119 cm³/mol. The highest BCUT2D eigenvalue weighted by Crippen LogP contribution is 2.20. The summed E-state index contributed by atoms with van der Waals surface area (Å²) >= 11 is 0. The van der Waals surface area contributed by atoms with Gasteiger partial charge in [0.25, 0.3) is 10.1 Å². The lowest BCUT2D eigenvalue weighted by atomic mass is 10.0. The molecular weight excluding hydrogens is 368 g/mol. The van der Waals surface area contributed by atoms with Gasteiger partial charge in [0.2, 0.25) is 0 Å². The van der Waals surface area contributed by atoms with Crippen LogP contribution in [-0.4, -0.2) is 15.0 Å². The molecular formula is C24H42O3S. The molecule has 4 heteroatoms. The van der Waals surface area contributed by atoms with E-state index in [1.165, 1.54) is 83.5 Å². The van der Waals surface area contributed by atoms with E-state index in [9.17, 15) is 8.42 Å². The van der Waals surface area contributed by atoms with Crippen molar-refractivity contribution >= 4 is 10.1 Å². The maximum Gasteiger partial charge on any atom is 0.297 e. The highest BCUT2D eigenvalue weighted by Gasteiger charge is 2.17. The van der Waals surface area contributed by atoms with Crippen molar-refractivity contribution in [3.05, 3.63) is 29.8 Å². The van der Waals surface area contributed by atoms with Crippen LogP contribution in [0.3, 0.4) is 0 Å². The Morgan fingerprint density at radius 3 is 1.64 bits per heavy atom. The average molecular weight is 411 g/mol. The molecule has 1 aromatic carbocycles. The molecule has 162 valence electrons. The van der Waals surface area contributed by atoms with Crippen molar-refractivity contribution in [1.82, 2.24) is 0 Å². The summed E-state index contributed by atoms with van der Waals surface area (Å²) in [5.74, 6) is 0. The molecule has 0 radical (unpaired) electrons. The highest BCUT2D eigenvalue weighted by molar-refractivity contribution is 7.86. The van der Waals surface area contributed by atoms with E-state index in [-0.39, 0.29) is 6.61 Å². The molecule has 28 heavy (non-hydrogen) atoms. The number of aryl methyl sites for hydroxylation is 1. The summed E-state index contributed by atoms with van der Waals surface area (Å²) in [6, 6.07) is 7.24. The first kappa shape index (κ1) is 25.2. The van der Waals surface area contributed by atoms with Gasteiger partial charge in [-0.05, 0) is 31.4 Å². The van der Waals surface area contributed by atoms with Gasteiger partial charge >= 0.3 is 0 Å². The molecule has 0 N–H and O–H groups in total. The second-order valence-corrected chi connectivity index (χ2v) is 9.40. The maximum atomic E-state index is 12.2. The first-order valence-electron chi connectivity index (χ1n) is 11.6. The van der Waals surface area contributed by atoms with Crippen molar-refractivity contribution in [3.63, 3.8) is 0 Å². The molecule has 0 amide bonds. The number of hydrogen-bond acceptors (Lipinski definition) is 3. The van der Waals surface area contributed by atoms with Gasteiger partial charge in [0, 0.05) is 0 Å². The topological polar surface area (TPSA) is 43.4 Å². The zero-order valence-electron chi connectivity index (χ0n) is 18.3. The van der Waals surface area contributed by atoms with Crippen LogP contribution >= 0.6 is 0 Å². The lowest BCUT2D eigenvalue weighted by Gasteiger charge is -2.09. The van der Waals surface area contributed by atoms with Crippen LogP contribution in [-0.2, 0) is 20.7 Å². The van der Waals surface area contributed by atoms with Gasteiger partial charge in [-0.1, -0.05) is 109 Å². The van der Waals surface area contributed by atoms with Crippen molar-refractivity contribution in [3.8, 4) is 0 Å². The first-order valence-corrected chi connectivity index (χ1v) is 13.0. The monoisotopic (exact) mass is 410 g/mol. The molecule has 3 nitrogen and oxygen atoms in total. The molecule has 0 saturated heterocycles. The normalized spacial score (nSPS) is 11.8. The Bertz CT molecular complexity index is 596. The predicted octanol–water partition coefficient (Wildman–Crippen LogP) is 7.44. The lowest BCUT2D eigenvalue weighted by Crippen LogP contribution is -2.09. The SMILES string of the molecule is CCCCCCCCCCCCCCCCc1ccccc1S(=O)(=O)OCC. The number of unbranched alkanes of at least 4 members (excludes halogenated alkanes) is 13. The molecule has 0 aliphatic rings. The third-order valence-electron chi connectivity index (χ3n) is 5.31. The van der Waals surface area contributed by atoms with Crippen LogP contribution in [0.4, 0.5) is 0 Å². The molecule has 0 aliphatic heterocycles. The van der Waals surface area contributed by atoms with Crippen LogP contribution in [0.25, 0.3) is 0 Å². The highest BCUT2D eigenvalue weighted by atomic mass is 32.2. The van der Waals surface area contributed by atoms with E-state index in [0.29, 0.717) is 4.90 Å². The lowest BCUT2D eigenvalue weighted by molar-refractivity contribution is 0.337. The summed E-state index contributed by atoms with van der Waals surface area (Å²) in [6.07, 6.45) is 19.4. The third-order valence-corrected chi connectivity index (χ3v) is 6.80. The molecule has 0 unspecified atom stereocenters. The Balaban J connectivity index is 2.07. The summed E-state index contributed by atoms with van der Waals surface area (Å²) in [5.41, 5.74) is 0.884. The molecule has 0 spiro atoms. The molecule has 0 heterocycles. The fraction of sp³-hybridized carbons (Fsp3) is 0.750. The van der Waals surface area contributed by atoms with E-state index in [4.69, 9.17) is 4.18 Å². The quantitative estimate of drug-likeness (QED) is 0.187. The molecule has 1 rings (SSSR count). The van der Waals surface area contributed by atoms with Crippen LogP contribution in [0.15, 0.2) is 29.2 Å². The van der Waals surface area contributed by atoms with Crippen LogP contribution in [0, 0.1) is 0 Å². The summed E-state index contributed by atoms with van der Waals surface area (Å²) in [4.78, 5) is 0.339. The van der Waals surface area contributed by atoms with Crippen molar-refractivity contribution in [2.24, 2.45) is 0 Å². The number of hydrogen-bond donors (Lipinski definition) is 0. The Labute approximate surface area is 174 Å². The van der Waals surface area contributed by atoms with Gasteiger partial charge in [0.05, 0.1) is 11.5 Å². The van der Waals surface area contributed by atoms with Gasteiger partial charge in [-0.15, -0.1) is 0 Å². The minimum Gasteiger partial charge on any atom is -0.267 e. The molecule has 0 saturated carbocycles. The summed E-state index contributed by atoms with van der Waals surface area (Å²) < 4.78 is 29.3. The van der Waals surface area contributed by atoms with Crippen molar-refractivity contribution in [2.75, 3.05) is 6.61 Å². The maximum absolute atomic E-state index is 12.2. The van der Waals surface area contributed by atoms with Gasteiger partial charge in [-0.2, -0.15) is 8.42 Å². The van der Waals surface area contributed by atoms with E-state index in [2.05, 4.69) is 6.92 Å². The largest absolute Gasteiger partial charge is 0.297 e. The van der Waals surface area contributed by atoms with Gasteiger partial charge in [-0.3, -0.25) is 4.18 Å². The van der Waals surface area contributed by atoms with E-state index < -0.39 is 10.1 Å². The minimum absolute atomic E-state index is 0.176. The molecule has 0 aliphatic carbocycles. The van der Waals surface area contributed by atoms with E-state index in [1.807, 2.05) is 12.1 Å². The van der Waals surface area contributed by atoms with Gasteiger partial charge in [0.1, 0.15) is 0 Å². The smallest absolute Gasteiger partial charge is 0.267 e. The second kappa shape index (κ2) is 16.0. The Morgan fingerprint density at radius 1 is 0.679 bits per heavy atom. The van der Waals surface area contributed by atoms with Crippen molar-refractivity contribution < 1.29 is 12.6 Å². The zero-order valence-corrected chi connectivity index (χ0v) is 19.1. The van der Waals surface area contributed by atoms with Crippen LogP contribution < -0.4 is 0 Å². The number of rotatable bonds is 18. The van der Waals surface area contributed by atoms with E-state index >= 15 is 0 Å². The summed E-state index contributed by atoms with van der Waals surface area (Å²) in [7, 11) is -3.61. The second-order valence-electron chi connectivity index (χ2n) is 7.81. The molecule has 0 atom stereocenters. The Kier molecular flexibility index (Phi) is 14.4. The third kappa shape index (κ3) is 11.2. The zero-order chi connectivity index (χ0) is 20.5. The van der Waals surface area contributed by atoms with Crippen molar-refractivity contribution in [1.29, 1.82) is 0 Å². The fourth-order valence-corrected chi connectivity index (χ4v) is 4.86. The molecule has 0 fully saturated rings. The fourth-order valence-electron chi connectivity index (χ4n) is 3.68. The van der Waals surface area contributed by atoms with Crippen LogP contribution in [0.1, 0.15) is 109 Å². The standard InChI is InChI=1S/C24H42O3S/c1-3-5-6-7-8-9-10-11-12-13-14-15-16-17-20-23-21-18-19-22-24(23)28(25,26)27-4-2/h18-19,21-22H,3-17,20H2,1-2H3. The molecule has 1 aromatic rings. The minimum atomic E-state index is -3.61. The summed E-state index contributed by atoms with van der Waals surface area (Å²) in [5, 5.41) is 0. The van der Waals surface area contributed by atoms with E-state index in [1.54, 1.807) is 19.1 Å². The Hall–Kier alpha value is -0.870. The van der Waals surface area contributed by atoms with Crippen LogP contribution in [0.2, 0.25) is 0 Å². The van der Waals surface area contributed by atoms with E-state index in [0.717, 1.165) is 18.4 Å². The average Bonchev–Trinajstić information content (AvgIpc) is 2.68. The van der Waals surface area contributed by atoms with Gasteiger partial charge < -0.3 is 0 Å². The first-order chi connectivity index (χ1) is 13.6. The van der Waals surface area contributed by atoms with Crippen molar-refractivity contribution in [2.45, 2.75) is 115 Å². The Morgan fingerprint density at radius 2 is 1.14 bits per heavy atom. The number of benzene rings is 1. The van der Waals surface area contributed by atoms with Gasteiger partial charge in [0.15, 0.2) is 0 Å². The van der Waals surface area contributed by atoms with Gasteiger partial charge in [-0.25, -0.2) is 0 Å². The van der Waals surface area contributed by atoms with Crippen LogP contribution in [0.5, 0.6) is 0 Å².